The number of benzene rings is 2. The highest BCUT2D eigenvalue weighted by molar-refractivity contribution is 6.30. The number of carbonyl (C=O) groups is 1. The van der Waals surface area contributed by atoms with E-state index < -0.39 is 0 Å². The molecule has 2 nitrogen and oxygen atoms in total. The molecule has 108 valence electrons. The fraction of sp³-hybridized carbons (Fsp3) is 0.278. The van der Waals surface area contributed by atoms with Gasteiger partial charge in [-0.3, -0.25) is 4.79 Å². The van der Waals surface area contributed by atoms with Crippen LogP contribution < -0.4 is 5.32 Å². The van der Waals surface area contributed by atoms with Crippen molar-refractivity contribution in [3.63, 3.8) is 0 Å². The second kappa shape index (κ2) is 6.31. The number of nitrogens with one attached hydrogen (secondary N) is 1. The Hall–Kier alpha value is -1.80. The third-order valence-electron chi connectivity index (χ3n) is 3.91. The van der Waals surface area contributed by atoms with E-state index in [1.807, 2.05) is 24.3 Å². The van der Waals surface area contributed by atoms with Crippen LogP contribution in [-0.2, 0) is 30.6 Å². The van der Waals surface area contributed by atoms with E-state index in [0.717, 1.165) is 17.5 Å². The SMILES string of the molecule is O=C(Cc1ccc2c(c1)CCC2)NCc1cccc(Cl)c1. The molecule has 1 N–H and O–H groups in total. The maximum Gasteiger partial charge on any atom is 0.224 e. The fourth-order valence-electron chi connectivity index (χ4n) is 2.83. The second-order valence-corrected chi connectivity index (χ2v) is 5.98. The van der Waals surface area contributed by atoms with Crippen molar-refractivity contribution in [1.29, 1.82) is 0 Å². The molecular weight excluding hydrogens is 282 g/mol. The summed E-state index contributed by atoms with van der Waals surface area (Å²) in [5, 5.41) is 3.64. The molecule has 1 aliphatic carbocycles. The molecule has 0 fully saturated rings. The van der Waals surface area contributed by atoms with Crippen LogP contribution in [0.1, 0.15) is 28.7 Å². The largest absolute Gasteiger partial charge is 0.352 e. The highest BCUT2D eigenvalue weighted by atomic mass is 35.5. The van der Waals surface area contributed by atoms with Gasteiger partial charge in [-0.15, -0.1) is 0 Å². The first-order valence-corrected chi connectivity index (χ1v) is 7.70. The summed E-state index contributed by atoms with van der Waals surface area (Å²) >= 11 is 5.93. The lowest BCUT2D eigenvalue weighted by atomic mass is 10.0. The minimum atomic E-state index is 0.0490. The van der Waals surface area contributed by atoms with E-state index in [1.54, 1.807) is 0 Å². The minimum absolute atomic E-state index is 0.0490. The van der Waals surface area contributed by atoms with Crippen molar-refractivity contribution < 1.29 is 4.79 Å². The van der Waals surface area contributed by atoms with E-state index in [-0.39, 0.29) is 5.91 Å². The standard InChI is InChI=1S/C18H18ClNO/c19-17-6-1-3-14(10-17)12-20-18(21)11-13-7-8-15-4-2-5-16(15)9-13/h1,3,6-10H,2,4-5,11-12H2,(H,20,21). The molecule has 2 aromatic carbocycles. The summed E-state index contributed by atoms with van der Waals surface area (Å²) in [6, 6.07) is 14.0. The Balaban J connectivity index is 1.57. The minimum Gasteiger partial charge on any atom is -0.352 e. The molecule has 1 aliphatic rings. The predicted octanol–water partition coefficient (Wildman–Crippen LogP) is 3.69. The quantitative estimate of drug-likeness (QED) is 0.916. The molecule has 21 heavy (non-hydrogen) atoms. The van der Waals surface area contributed by atoms with Gasteiger partial charge in [0.05, 0.1) is 6.42 Å². The van der Waals surface area contributed by atoms with Crippen LogP contribution in [0.25, 0.3) is 0 Å². The van der Waals surface area contributed by atoms with Gasteiger partial charge in [0.1, 0.15) is 0 Å². The average molecular weight is 300 g/mol. The van der Waals surface area contributed by atoms with Crippen molar-refractivity contribution >= 4 is 17.5 Å². The molecule has 3 heteroatoms. The summed E-state index contributed by atoms with van der Waals surface area (Å²) in [5.74, 6) is 0.0490. The van der Waals surface area contributed by atoms with Crippen molar-refractivity contribution in [2.75, 3.05) is 0 Å². The summed E-state index contributed by atoms with van der Waals surface area (Å²) < 4.78 is 0. The normalized spacial score (nSPS) is 13.0. The molecule has 0 bridgehead atoms. The van der Waals surface area contributed by atoms with Crippen molar-refractivity contribution in [2.24, 2.45) is 0 Å². The third kappa shape index (κ3) is 3.64. The molecule has 0 spiro atoms. The van der Waals surface area contributed by atoms with Gasteiger partial charge in [-0.2, -0.15) is 0 Å². The monoisotopic (exact) mass is 299 g/mol. The van der Waals surface area contributed by atoms with Gasteiger partial charge >= 0.3 is 0 Å². The lowest BCUT2D eigenvalue weighted by Crippen LogP contribution is -2.24. The topological polar surface area (TPSA) is 29.1 Å². The van der Waals surface area contributed by atoms with Crippen LogP contribution in [0.5, 0.6) is 0 Å². The number of aryl methyl sites for hydroxylation is 2. The Labute approximate surface area is 130 Å². The van der Waals surface area contributed by atoms with E-state index in [9.17, 15) is 4.79 Å². The first kappa shape index (κ1) is 14.2. The summed E-state index contributed by atoms with van der Waals surface area (Å²) in [6.45, 7) is 0.518. The van der Waals surface area contributed by atoms with Crippen LogP contribution in [0, 0.1) is 0 Å². The highest BCUT2D eigenvalue weighted by Gasteiger charge is 2.12. The van der Waals surface area contributed by atoms with E-state index in [0.29, 0.717) is 18.0 Å². The van der Waals surface area contributed by atoms with E-state index in [4.69, 9.17) is 11.6 Å². The van der Waals surface area contributed by atoms with E-state index in [2.05, 4.69) is 23.5 Å². The molecule has 0 heterocycles. The van der Waals surface area contributed by atoms with Gasteiger partial charge in [-0.25, -0.2) is 0 Å². The molecule has 2 aromatic rings. The van der Waals surface area contributed by atoms with Crippen molar-refractivity contribution in [1.82, 2.24) is 5.32 Å². The number of carbonyl (C=O) groups excluding carboxylic acids is 1. The lowest BCUT2D eigenvalue weighted by Gasteiger charge is -2.07. The fourth-order valence-corrected chi connectivity index (χ4v) is 3.04. The Morgan fingerprint density at radius 1 is 1.05 bits per heavy atom. The molecule has 1 amide bonds. The molecule has 0 saturated heterocycles. The predicted molar refractivity (Wildman–Crippen MR) is 85.5 cm³/mol. The highest BCUT2D eigenvalue weighted by Crippen LogP contribution is 2.23. The molecular formula is C18H18ClNO. The zero-order valence-corrected chi connectivity index (χ0v) is 12.6. The molecule has 0 aromatic heterocycles. The Kier molecular flexibility index (Phi) is 4.26. The molecule has 3 rings (SSSR count). The Morgan fingerprint density at radius 3 is 2.76 bits per heavy atom. The lowest BCUT2D eigenvalue weighted by molar-refractivity contribution is -0.120. The third-order valence-corrected chi connectivity index (χ3v) is 4.14. The molecule has 0 saturated carbocycles. The first-order chi connectivity index (χ1) is 10.2. The van der Waals surface area contributed by atoms with Gasteiger partial charge < -0.3 is 5.32 Å². The van der Waals surface area contributed by atoms with Gasteiger partial charge in [0.15, 0.2) is 0 Å². The molecule has 0 radical (unpaired) electrons. The maximum absolute atomic E-state index is 12.0. The second-order valence-electron chi connectivity index (χ2n) is 5.54. The number of hydrogen-bond donors (Lipinski definition) is 1. The van der Waals surface area contributed by atoms with Gasteiger partial charge in [0, 0.05) is 11.6 Å². The number of amides is 1. The zero-order valence-electron chi connectivity index (χ0n) is 11.9. The van der Waals surface area contributed by atoms with Crippen molar-refractivity contribution in [2.45, 2.75) is 32.2 Å². The summed E-state index contributed by atoms with van der Waals surface area (Å²) in [7, 11) is 0. The van der Waals surface area contributed by atoms with Crippen LogP contribution in [0.3, 0.4) is 0 Å². The van der Waals surface area contributed by atoms with Crippen LogP contribution in [0.4, 0.5) is 0 Å². The Bertz CT molecular complexity index is 666. The van der Waals surface area contributed by atoms with Crippen LogP contribution in [-0.4, -0.2) is 5.91 Å². The number of halogens is 1. The van der Waals surface area contributed by atoms with Crippen LogP contribution >= 0.6 is 11.6 Å². The smallest absolute Gasteiger partial charge is 0.224 e. The number of hydrogen-bond acceptors (Lipinski definition) is 1. The van der Waals surface area contributed by atoms with Gasteiger partial charge in [0.25, 0.3) is 0 Å². The summed E-state index contributed by atoms with van der Waals surface area (Å²) in [6.07, 6.45) is 4.00. The maximum atomic E-state index is 12.0. The molecule has 0 atom stereocenters. The Morgan fingerprint density at radius 2 is 1.90 bits per heavy atom. The summed E-state index contributed by atoms with van der Waals surface area (Å²) in [5.41, 5.74) is 4.97. The van der Waals surface area contributed by atoms with Gasteiger partial charge in [-0.05, 0) is 53.6 Å². The average Bonchev–Trinajstić information content (AvgIpc) is 2.93. The van der Waals surface area contributed by atoms with E-state index >= 15 is 0 Å². The first-order valence-electron chi connectivity index (χ1n) is 7.32. The number of rotatable bonds is 4. The van der Waals surface area contributed by atoms with Crippen LogP contribution in [0.15, 0.2) is 42.5 Å². The van der Waals surface area contributed by atoms with Crippen molar-refractivity contribution in [3.8, 4) is 0 Å². The zero-order chi connectivity index (χ0) is 14.7. The number of fused-ring (bicyclic) bond motifs is 1. The van der Waals surface area contributed by atoms with Crippen LogP contribution in [0.2, 0.25) is 5.02 Å². The molecule has 0 aliphatic heterocycles. The van der Waals surface area contributed by atoms with Gasteiger partial charge in [-0.1, -0.05) is 41.9 Å². The summed E-state index contributed by atoms with van der Waals surface area (Å²) in [4.78, 5) is 12.0. The molecule has 0 unspecified atom stereocenters. The van der Waals surface area contributed by atoms with Crippen molar-refractivity contribution in [3.05, 3.63) is 69.7 Å². The van der Waals surface area contributed by atoms with E-state index in [1.165, 1.54) is 24.0 Å². The van der Waals surface area contributed by atoms with Gasteiger partial charge in [0.2, 0.25) is 5.91 Å².